The van der Waals surface area contributed by atoms with E-state index in [2.05, 4.69) is 26.6 Å². The van der Waals surface area contributed by atoms with E-state index in [1.54, 1.807) is 35.2 Å². The number of benzene rings is 1. The van der Waals surface area contributed by atoms with Crippen LogP contribution in [0.25, 0.3) is 0 Å². The molecule has 1 aliphatic heterocycles. The molecule has 164 valence electrons. The van der Waals surface area contributed by atoms with Crippen molar-refractivity contribution in [3.8, 4) is 5.06 Å². The maximum absolute atomic E-state index is 13.0. The molecule has 0 atom stereocenters. The molecule has 1 aliphatic carbocycles. The molecule has 0 radical (unpaired) electrons. The third-order valence-electron chi connectivity index (χ3n) is 5.25. The zero-order chi connectivity index (χ0) is 22.0. The van der Waals surface area contributed by atoms with E-state index >= 15 is 0 Å². The summed E-state index contributed by atoms with van der Waals surface area (Å²) in [7, 11) is 0. The molecule has 8 nitrogen and oxygen atoms in total. The van der Waals surface area contributed by atoms with Crippen molar-refractivity contribution < 1.29 is 19.1 Å². The van der Waals surface area contributed by atoms with Gasteiger partial charge in [-0.15, -0.1) is 0 Å². The van der Waals surface area contributed by atoms with Crippen molar-refractivity contribution in [2.24, 2.45) is 0 Å². The fourth-order valence-electron chi connectivity index (χ4n) is 3.46. The van der Waals surface area contributed by atoms with Gasteiger partial charge in [0.15, 0.2) is 5.06 Å². The topological polar surface area (TPSA) is 104 Å². The Bertz CT molecular complexity index is 1030. The third-order valence-corrected chi connectivity index (χ3v) is 7.05. The quantitative estimate of drug-likeness (QED) is 0.526. The van der Waals surface area contributed by atoms with Crippen LogP contribution in [0.3, 0.4) is 0 Å². The molecule has 1 saturated heterocycles. The van der Waals surface area contributed by atoms with Gasteiger partial charge in [-0.2, -0.15) is 0 Å². The number of amidine groups is 1. The predicted molar refractivity (Wildman–Crippen MR) is 124 cm³/mol. The number of morpholine rings is 1. The summed E-state index contributed by atoms with van der Waals surface area (Å²) in [5.74, 6) is 0.0184. The number of thiophene rings is 1. The molecule has 11 heteroatoms. The number of anilines is 2. The number of hydrogen-bond acceptors (Lipinski definition) is 6. The summed E-state index contributed by atoms with van der Waals surface area (Å²) in [6.07, 6.45) is 1.22. The molecular formula is C20H20BrClN4O4S. The monoisotopic (exact) mass is 526 g/mol. The molecule has 2 amide bonds. The molecule has 31 heavy (non-hydrogen) atoms. The molecule has 0 unspecified atom stereocenters. The fraction of sp³-hybridized carbons (Fsp3) is 0.350. The van der Waals surface area contributed by atoms with Crippen LogP contribution < -0.4 is 20.3 Å². The van der Waals surface area contributed by atoms with Crippen LogP contribution in [0, 0.1) is 5.41 Å². The number of carbonyl (C=O) groups is 2. The second kappa shape index (κ2) is 9.15. The Morgan fingerprint density at radius 1 is 1.29 bits per heavy atom. The summed E-state index contributed by atoms with van der Waals surface area (Å²) in [4.78, 5) is 27.1. The Kier molecular flexibility index (Phi) is 6.52. The number of nitrogens with one attached hydrogen (secondary N) is 3. The SMILES string of the molecule is N=C1COCCN1c1ccc(NC(=O)C2(NC(=O)Oc3ccc(Br)s3)CCC2)cc1Cl. The molecule has 2 heterocycles. The molecule has 0 bridgehead atoms. The van der Waals surface area contributed by atoms with Crippen LogP contribution in [0.5, 0.6) is 5.06 Å². The average Bonchev–Trinajstić information content (AvgIpc) is 3.10. The van der Waals surface area contributed by atoms with E-state index in [0.29, 0.717) is 53.3 Å². The summed E-state index contributed by atoms with van der Waals surface area (Å²) >= 11 is 11.0. The van der Waals surface area contributed by atoms with Crippen LogP contribution in [-0.2, 0) is 9.53 Å². The van der Waals surface area contributed by atoms with Crippen LogP contribution in [0.4, 0.5) is 16.2 Å². The van der Waals surface area contributed by atoms with Crippen molar-refractivity contribution in [1.29, 1.82) is 5.41 Å². The van der Waals surface area contributed by atoms with Crippen LogP contribution >= 0.6 is 38.9 Å². The maximum Gasteiger partial charge on any atom is 0.414 e. The van der Waals surface area contributed by atoms with Gasteiger partial charge in [-0.3, -0.25) is 10.2 Å². The van der Waals surface area contributed by atoms with E-state index in [9.17, 15) is 9.59 Å². The van der Waals surface area contributed by atoms with Crippen LogP contribution in [0.2, 0.25) is 5.02 Å². The highest BCUT2D eigenvalue weighted by molar-refractivity contribution is 9.11. The van der Waals surface area contributed by atoms with Crippen molar-refractivity contribution in [3.05, 3.63) is 39.1 Å². The number of nitrogens with zero attached hydrogens (tertiary/aromatic N) is 1. The summed E-state index contributed by atoms with van der Waals surface area (Å²) in [6.45, 7) is 1.30. The van der Waals surface area contributed by atoms with Crippen molar-refractivity contribution in [1.82, 2.24) is 5.32 Å². The van der Waals surface area contributed by atoms with Crippen molar-refractivity contribution in [2.75, 3.05) is 30.0 Å². The lowest BCUT2D eigenvalue weighted by Gasteiger charge is -2.40. The van der Waals surface area contributed by atoms with E-state index in [1.807, 2.05) is 0 Å². The number of hydrogen-bond donors (Lipinski definition) is 3. The van der Waals surface area contributed by atoms with Crippen molar-refractivity contribution in [3.63, 3.8) is 0 Å². The molecule has 4 rings (SSSR count). The van der Waals surface area contributed by atoms with Gasteiger partial charge >= 0.3 is 6.09 Å². The molecule has 1 aromatic carbocycles. The largest absolute Gasteiger partial charge is 0.414 e. The molecule has 2 fully saturated rings. The Balaban J connectivity index is 1.42. The second-order valence-corrected chi connectivity index (χ2v) is 10.1. The number of rotatable bonds is 5. The number of carbonyl (C=O) groups excluding carboxylic acids is 2. The van der Waals surface area contributed by atoms with Crippen LogP contribution in [-0.4, -0.2) is 43.1 Å². The van der Waals surface area contributed by atoms with Crippen molar-refractivity contribution in [2.45, 2.75) is 24.8 Å². The van der Waals surface area contributed by atoms with E-state index in [1.165, 1.54) is 11.3 Å². The minimum atomic E-state index is -1.01. The van der Waals surface area contributed by atoms with E-state index in [4.69, 9.17) is 26.5 Å². The first-order chi connectivity index (χ1) is 14.9. The minimum Gasteiger partial charge on any atom is -0.399 e. The number of amides is 2. The normalized spacial score (nSPS) is 17.6. The van der Waals surface area contributed by atoms with Gasteiger partial charge in [0.1, 0.15) is 18.0 Å². The van der Waals surface area contributed by atoms with Gasteiger partial charge in [0.05, 0.1) is 21.1 Å². The summed E-state index contributed by atoms with van der Waals surface area (Å²) in [5.41, 5.74) is 0.195. The zero-order valence-electron chi connectivity index (χ0n) is 16.4. The van der Waals surface area contributed by atoms with Crippen LogP contribution in [0.1, 0.15) is 19.3 Å². The van der Waals surface area contributed by atoms with E-state index in [-0.39, 0.29) is 12.5 Å². The fourth-order valence-corrected chi connectivity index (χ4v) is 4.94. The van der Waals surface area contributed by atoms with Gasteiger partial charge in [-0.1, -0.05) is 22.9 Å². The maximum atomic E-state index is 13.0. The zero-order valence-corrected chi connectivity index (χ0v) is 19.5. The molecule has 1 saturated carbocycles. The first kappa shape index (κ1) is 22.1. The third kappa shape index (κ3) is 4.87. The highest BCUT2D eigenvalue weighted by Crippen LogP contribution is 2.35. The summed E-state index contributed by atoms with van der Waals surface area (Å²) < 4.78 is 11.4. The lowest BCUT2D eigenvalue weighted by Crippen LogP contribution is -2.61. The molecule has 2 aromatic rings. The van der Waals surface area contributed by atoms with Gasteiger partial charge < -0.3 is 25.0 Å². The smallest absolute Gasteiger partial charge is 0.399 e. The first-order valence-electron chi connectivity index (χ1n) is 9.65. The predicted octanol–water partition coefficient (Wildman–Crippen LogP) is 4.63. The Labute approximate surface area is 196 Å². The Morgan fingerprint density at radius 3 is 2.71 bits per heavy atom. The van der Waals surface area contributed by atoms with E-state index in [0.717, 1.165) is 10.2 Å². The average molecular weight is 528 g/mol. The minimum absolute atomic E-state index is 0.238. The molecular weight excluding hydrogens is 508 g/mol. The Morgan fingerprint density at radius 2 is 2.10 bits per heavy atom. The standard InChI is InChI=1S/C20H20BrClN4O4S/c21-15-4-5-17(31-15)30-19(28)25-20(6-1-7-20)18(27)24-12-2-3-14(13(22)10-12)26-8-9-29-11-16(26)23/h2-5,10,23H,1,6-9,11H2,(H,24,27)(H,25,28). The molecule has 3 N–H and O–H groups in total. The number of halogens is 2. The molecule has 0 spiro atoms. The van der Waals surface area contributed by atoms with Crippen LogP contribution in [0.15, 0.2) is 34.1 Å². The van der Waals surface area contributed by atoms with Gasteiger partial charge in [-0.05, 0) is 65.5 Å². The van der Waals surface area contributed by atoms with Crippen molar-refractivity contribution >= 4 is 68.1 Å². The molecule has 2 aliphatic rings. The van der Waals surface area contributed by atoms with Gasteiger partial charge in [0.25, 0.3) is 0 Å². The first-order valence-corrected chi connectivity index (χ1v) is 11.6. The Hall–Kier alpha value is -2.14. The second-order valence-electron chi connectivity index (χ2n) is 7.28. The van der Waals surface area contributed by atoms with E-state index < -0.39 is 11.6 Å². The van der Waals surface area contributed by atoms with Gasteiger partial charge in [0, 0.05) is 12.2 Å². The van der Waals surface area contributed by atoms with Gasteiger partial charge in [0.2, 0.25) is 5.91 Å². The highest BCUT2D eigenvalue weighted by Gasteiger charge is 2.46. The highest BCUT2D eigenvalue weighted by atomic mass is 79.9. The van der Waals surface area contributed by atoms with Gasteiger partial charge in [-0.25, -0.2) is 4.79 Å². The summed E-state index contributed by atoms with van der Waals surface area (Å²) in [5, 5.41) is 14.5. The summed E-state index contributed by atoms with van der Waals surface area (Å²) in [6, 6.07) is 8.60. The molecule has 1 aromatic heterocycles. The number of ether oxygens (including phenoxy) is 2. The lowest BCUT2D eigenvalue weighted by molar-refractivity contribution is -0.125. The lowest BCUT2D eigenvalue weighted by atomic mass is 9.76.